The number of primary sulfonamides is 1. The minimum atomic E-state index is -3.79. The van der Waals surface area contributed by atoms with Crippen molar-refractivity contribution in [3.8, 4) is 5.75 Å². The van der Waals surface area contributed by atoms with Crippen molar-refractivity contribution >= 4 is 50.5 Å². The number of amides is 2. The second-order valence-electron chi connectivity index (χ2n) is 8.42. The summed E-state index contributed by atoms with van der Waals surface area (Å²) in [7, 11) is -2.23. The van der Waals surface area contributed by atoms with Crippen LogP contribution in [0.25, 0.3) is 0 Å². The molecular formula is C26H26N4O5S2. The van der Waals surface area contributed by atoms with Crippen LogP contribution in [0.5, 0.6) is 5.75 Å². The van der Waals surface area contributed by atoms with Gasteiger partial charge in [-0.15, -0.1) is 0 Å². The maximum Gasteiger partial charge on any atom is 0.256 e. The Morgan fingerprint density at radius 1 is 1.03 bits per heavy atom. The number of rotatable bonds is 9. The van der Waals surface area contributed by atoms with Crippen LogP contribution in [0, 0.1) is 0 Å². The van der Waals surface area contributed by atoms with Gasteiger partial charge in [0.1, 0.15) is 11.8 Å². The Hall–Kier alpha value is -3.80. The summed E-state index contributed by atoms with van der Waals surface area (Å²) in [5.41, 5.74) is 2.04. The van der Waals surface area contributed by atoms with Crippen molar-refractivity contribution in [3.05, 3.63) is 84.4 Å². The third-order valence-electron chi connectivity index (χ3n) is 5.98. The van der Waals surface area contributed by atoms with Crippen molar-refractivity contribution < 1.29 is 22.7 Å². The van der Waals surface area contributed by atoms with Gasteiger partial charge in [0, 0.05) is 12.2 Å². The van der Waals surface area contributed by atoms with Gasteiger partial charge in [-0.3, -0.25) is 14.5 Å². The number of sulfonamides is 1. The molecule has 0 spiro atoms. The fourth-order valence-corrected chi connectivity index (χ4v) is 4.99. The largest absolute Gasteiger partial charge is 0.497 e. The molecule has 3 aromatic carbocycles. The Bertz CT molecular complexity index is 1400. The van der Waals surface area contributed by atoms with Gasteiger partial charge < -0.3 is 15.0 Å². The molecule has 1 heterocycles. The predicted octanol–water partition coefficient (Wildman–Crippen LogP) is 2.92. The summed E-state index contributed by atoms with van der Waals surface area (Å²) < 4.78 is 28.2. The maximum atomic E-state index is 13.5. The Morgan fingerprint density at radius 3 is 2.27 bits per heavy atom. The third kappa shape index (κ3) is 6.13. The van der Waals surface area contributed by atoms with E-state index in [1.165, 1.54) is 17.0 Å². The van der Waals surface area contributed by atoms with Crippen LogP contribution in [0.3, 0.4) is 0 Å². The van der Waals surface area contributed by atoms with E-state index >= 15 is 0 Å². The standard InChI is InChI=1S/C26H26N4O5S2/c1-35-21-11-9-19(10-12-21)28-24(31)17-23-25(32)30(20-5-3-2-4-6-20)26(36)29(23)16-15-18-7-13-22(14-8-18)37(27,33)34/h2-14,23H,15-17H2,1H3,(H,28,31)(H2,27,33,34)/t23-/m0/s1. The van der Waals surface area contributed by atoms with Crippen molar-refractivity contribution in [1.29, 1.82) is 0 Å². The van der Waals surface area contributed by atoms with Gasteiger partial charge in [0.15, 0.2) is 5.11 Å². The summed E-state index contributed by atoms with van der Waals surface area (Å²) in [5.74, 6) is 0.0467. The lowest BCUT2D eigenvalue weighted by molar-refractivity contribution is -0.124. The second-order valence-corrected chi connectivity index (χ2v) is 10.3. The van der Waals surface area contributed by atoms with Gasteiger partial charge in [0.25, 0.3) is 5.91 Å². The first kappa shape index (κ1) is 26.3. The number of carbonyl (C=O) groups excluding carboxylic acids is 2. The number of hydrogen-bond donors (Lipinski definition) is 2. The molecule has 37 heavy (non-hydrogen) atoms. The van der Waals surface area contributed by atoms with E-state index in [9.17, 15) is 18.0 Å². The van der Waals surface area contributed by atoms with Gasteiger partial charge in [-0.05, 0) is 72.7 Å². The van der Waals surface area contributed by atoms with Crippen molar-refractivity contribution in [2.24, 2.45) is 5.14 Å². The fraction of sp³-hybridized carbons (Fsp3) is 0.192. The molecule has 11 heteroatoms. The highest BCUT2D eigenvalue weighted by atomic mass is 32.2. The number of thiocarbonyl (C=S) groups is 1. The van der Waals surface area contributed by atoms with Crippen LogP contribution >= 0.6 is 12.2 Å². The van der Waals surface area contributed by atoms with Gasteiger partial charge in [-0.25, -0.2) is 13.6 Å². The molecule has 3 aromatic rings. The smallest absolute Gasteiger partial charge is 0.256 e. The molecule has 1 aliphatic rings. The average Bonchev–Trinajstić information content (AvgIpc) is 3.11. The summed E-state index contributed by atoms with van der Waals surface area (Å²) in [5, 5.41) is 8.30. The molecule has 1 fully saturated rings. The molecule has 1 aliphatic heterocycles. The highest BCUT2D eigenvalue weighted by molar-refractivity contribution is 7.89. The maximum absolute atomic E-state index is 13.5. The molecule has 0 bridgehead atoms. The zero-order chi connectivity index (χ0) is 26.6. The average molecular weight is 539 g/mol. The molecule has 0 unspecified atom stereocenters. The number of para-hydroxylation sites is 1. The monoisotopic (exact) mass is 538 g/mol. The second kappa shape index (κ2) is 11.1. The van der Waals surface area contributed by atoms with Crippen LogP contribution in [-0.2, 0) is 26.0 Å². The van der Waals surface area contributed by atoms with Crippen molar-refractivity contribution in [2.75, 3.05) is 23.9 Å². The van der Waals surface area contributed by atoms with E-state index in [2.05, 4.69) is 5.32 Å². The third-order valence-corrected chi connectivity index (χ3v) is 7.33. The topological polar surface area (TPSA) is 122 Å². The van der Waals surface area contributed by atoms with E-state index in [1.54, 1.807) is 60.5 Å². The molecule has 3 N–H and O–H groups in total. The number of nitrogens with two attached hydrogens (primary N) is 1. The van der Waals surface area contributed by atoms with E-state index in [4.69, 9.17) is 22.1 Å². The number of hydrogen-bond acceptors (Lipinski definition) is 6. The first-order valence-electron chi connectivity index (χ1n) is 11.4. The summed E-state index contributed by atoms with van der Waals surface area (Å²) in [6.07, 6.45) is 0.371. The van der Waals surface area contributed by atoms with Crippen molar-refractivity contribution in [1.82, 2.24) is 4.90 Å². The molecule has 2 amide bonds. The van der Waals surface area contributed by atoms with Crippen molar-refractivity contribution in [2.45, 2.75) is 23.8 Å². The van der Waals surface area contributed by atoms with Crippen LogP contribution in [0.4, 0.5) is 11.4 Å². The van der Waals surface area contributed by atoms with Crippen LogP contribution in [0.1, 0.15) is 12.0 Å². The number of carbonyl (C=O) groups is 2. The Morgan fingerprint density at radius 2 is 1.68 bits per heavy atom. The molecule has 9 nitrogen and oxygen atoms in total. The summed E-state index contributed by atoms with van der Waals surface area (Å²) in [6.45, 7) is 0.350. The summed E-state index contributed by atoms with van der Waals surface area (Å²) in [6, 6.07) is 21.4. The molecule has 0 radical (unpaired) electrons. The van der Waals surface area contributed by atoms with E-state index < -0.39 is 16.1 Å². The van der Waals surface area contributed by atoms with E-state index in [0.29, 0.717) is 35.2 Å². The van der Waals surface area contributed by atoms with Crippen LogP contribution in [0.2, 0.25) is 0 Å². The molecule has 192 valence electrons. The number of nitrogens with one attached hydrogen (secondary N) is 1. The zero-order valence-electron chi connectivity index (χ0n) is 20.0. The minimum absolute atomic E-state index is 0.0199. The molecule has 0 saturated carbocycles. The molecule has 1 atom stereocenters. The molecule has 0 aliphatic carbocycles. The molecular weight excluding hydrogens is 512 g/mol. The van der Waals surface area contributed by atoms with Crippen LogP contribution in [-0.4, -0.2) is 49.9 Å². The van der Waals surface area contributed by atoms with Gasteiger partial charge in [0.2, 0.25) is 15.9 Å². The summed E-state index contributed by atoms with van der Waals surface area (Å²) >= 11 is 5.68. The molecule has 1 saturated heterocycles. The van der Waals surface area contributed by atoms with Crippen LogP contribution in [0.15, 0.2) is 83.8 Å². The number of methoxy groups -OCH3 is 1. The Kier molecular flexibility index (Phi) is 7.86. The number of benzene rings is 3. The highest BCUT2D eigenvalue weighted by Crippen LogP contribution is 2.28. The number of nitrogens with zero attached hydrogens (tertiary/aromatic N) is 2. The minimum Gasteiger partial charge on any atom is -0.497 e. The Balaban J connectivity index is 1.53. The lowest BCUT2D eigenvalue weighted by Crippen LogP contribution is -2.39. The first-order chi connectivity index (χ1) is 17.7. The SMILES string of the molecule is COc1ccc(NC(=O)C[C@H]2C(=O)N(c3ccccc3)C(=S)N2CCc2ccc(S(N)(=O)=O)cc2)cc1. The predicted molar refractivity (Wildman–Crippen MR) is 145 cm³/mol. The lowest BCUT2D eigenvalue weighted by atomic mass is 10.1. The summed E-state index contributed by atoms with van der Waals surface area (Å²) in [4.78, 5) is 29.6. The van der Waals surface area contributed by atoms with Crippen LogP contribution < -0.4 is 20.1 Å². The van der Waals surface area contributed by atoms with Gasteiger partial charge in [-0.1, -0.05) is 30.3 Å². The molecule has 4 rings (SSSR count). The number of anilines is 2. The molecule has 0 aromatic heterocycles. The number of ether oxygens (including phenoxy) is 1. The fourth-order valence-electron chi connectivity index (χ4n) is 4.06. The highest BCUT2D eigenvalue weighted by Gasteiger charge is 2.43. The quantitative estimate of drug-likeness (QED) is 0.402. The van der Waals surface area contributed by atoms with E-state index in [1.807, 2.05) is 18.2 Å². The van der Waals surface area contributed by atoms with Crippen molar-refractivity contribution in [3.63, 3.8) is 0 Å². The Labute approximate surface area is 220 Å². The zero-order valence-corrected chi connectivity index (χ0v) is 21.7. The normalized spacial score (nSPS) is 15.7. The van der Waals surface area contributed by atoms with Gasteiger partial charge in [-0.2, -0.15) is 0 Å². The van der Waals surface area contributed by atoms with Gasteiger partial charge in [0.05, 0.1) is 24.1 Å². The lowest BCUT2D eigenvalue weighted by Gasteiger charge is -2.24. The first-order valence-corrected chi connectivity index (χ1v) is 13.4. The van der Waals surface area contributed by atoms with E-state index in [-0.39, 0.29) is 23.1 Å². The van der Waals surface area contributed by atoms with Gasteiger partial charge >= 0.3 is 0 Å². The van der Waals surface area contributed by atoms with E-state index in [0.717, 1.165) is 5.56 Å².